The van der Waals surface area contributed by atoms with Gasteiger partial charge < -0.3 is 9.73 Å². The van der Waals surface area contributed by atoms with Crippen molar-refractivity contribution in [1.29, 1.82) is 0 Å². The minimum atomic E-state index is 0.830. The lowest BCUT2D eigenvalue weighted by Crippen LogP contribution is -2.24. The number of likely N-dealkylation sites (N-methyl/N-ethyl adjacent to an activating group) is 2. The summed E-state index contributed by atoms with van der Waals surface area (Å²) in [5.74, 6) is 1.97. The fourth-order valence-electron chi connectivity index (χ4n) is 1.58. The average Bonchev–Trinajstić information content (AvgIpc) is 2.51. The smallest absolute Gasteiger partial charge is 0.118 e. The normalized spacial score (nSPS) is 10.9. The van der Waals surface area contributed by atoms with E-state index in [1.54, 1.807) is 0 Å². The largest absolute Gasteiger partial charge is 0.465 e. The molecule has 0 amide bonds. The van der Waals surface area contributed by atoms with Crippen molar-refractivity contribution in [2.45, 2.75) is 13.5 Å². The molecule has 0 radical (unpaired) electrons. The van der Waals surface area contributed by atoms with Crippen molar-refractivity contribution in [2.24, 2.45) is 0 Å². The maximum atomic E-state index is 5.51. The van der Waals surface area contributed by atoms with Gasteiger partial charge in [0, 0.05) is 13.1 Å². The Morgan fingerprint density at radius 1 is 1.53 bits per heavy atom. The molecule has 1 aromatic rings. The van der Waals surface area contributed by atoms with Crippen LogP contribution >= 0.6 is 0 Å². The Hall–Kier alpha value is -1.06. The molecule has 3 nitrogen and oxygen atoms in total. The highest BCUT2D eigenvalue weighted by molar-refractivity contribution is 5.06. The number of hydrogen-bond acceptors (Lipinski definition) is 3. The molecule has 0 spiro atoms. The Balaban J connectivity index is 2.35. The molecule has 15 heavy (non-hydrogen) atoms. The zero-order valence-electron chi connectivity index (χ0n) is 9.84. The van der Waals surface area contributed by atoms with Crippen molar-refractivity contribution in [3.8, 4) is 0 Å². The summed E-state index contributed by atoms with van der Waals surface area (Å²) in [7, 11) is 4.00. The standard InChI is InChI=1S/C12H20N2O/c1-10(7-13-3)8-14(4)9-12-6-5-11(2)15-12/h5-6,13H,1,7-9H2,2-4H3. The summed E-state index contributed by atoms with van der Waals surface area (Å²) in [6.45, 7) is 8.54. The number of nitrogens with zero attached hydrogens (tertiary/aromatic N) is 1. The second-order valence-corrected chi connectivity index (χ2v) is 3.96. The second kappa shape index (κ2) is 5.73. The van der Waals surface area contributed by atoms with Crippen LogP contribution in [-0.4, -0.2) is 32.1 Å². The van der Waals surface area contributed by atoms with Gasteiger partial charge in [0.15, 0.2) is 0 Å². The third-order valence-corrected chi connectivity index (χ3v) is 2.14. The fourth-order valence-corrected chi connectivity index (χ4v) is 1.58. The lowest BCUT2D eigenvalue weighted by Gasteiger charge is -2.16. The van der Waals surface area contributed by atoms with Crippen molar-refractivity contribution in [3.05, 3.63) is 35.8 Å². The van der Waals surface area contributed by atoms with Crippen molar-refractivity contribution >= 4 is 0 Å². The number of hydrogen-bond donors (Lipinski definition) is 1. The van der Waals surface area contributed by atoms with E-state index in [-0.39, 0.29) is 0 Å². The Bertz CT molecular complexity index is 317. The highest BCUT2D eigenvalue weighted by atomic mass is 16.3. The van der Waals surface area contributed by atoms with Gasteiger partial charge in [0.05, 0.1) is 6.54 Å². The lowest BCUT2D eigenvalue weighted by molar-refractivity contribution is 0.311. The van der Waals surface area contributed by atoms with E-state index in [2.05, 4.69) is 23.8 Å². The number of nitrogens with one attached hydrogen (secondary N) is 1. The van der Waals surface area contributed by atoms with Crippen LogP contribution in [-0.2, 0) is 6.54 Å². The summed E-state index contributed by atoms with van der Waals surface area (Å²) in [5.41, 5.74) is 1.18. The van der Waals surface area contributed by atoms with E-state index in [4.69, 9.17) is 4.42 Å². The van der Waals surface area contributed by atoms with Crippen LogP contribution in [0.5, 0.6) is 0 Å². The molecular weight excluding hydrogens is 188 g/mol. The Morgan fingerprint density at radius 2 is 2.27 bits per heavy atom. The minimum absolute atomic E-state index is 0.830. The summed E-state index contributed by atoms with van der Waals surface area (Å²) in [6, 6.07) is 4.01. The molecule has 0 aromatic carbocycles. The van der Waals surface area contributed by atoms with Gasteiger partial charge in [0.1, 0.15) is 11.5 Å². The first-order valence-electron chi connectivity index (χ1n) is 5.17. The molecule has 0 fully saturated rings. The number of aryl methyl sites for hydroxylation is 1. The molecule has 1 N–H and O–H groups in total. The van der Waals surface area contributed by atoms with E-state index in [0.29, 0.717) is 0 Å². The van der Waals surface area contributed by atoms with E-state index in [1.807, 2.05) is 26.1 Å². The van der Waals surface area contributed by atoms with Gasteiger partial charge in [0.2, 0.25) is 0 Å². The molecule has 0 atom stereocenters. The van der Waals surface area contributed by atoms with Crippen molar-refractivity contribution in [2.75, 3.05) is 27.2 Å². The first kappa shape index (κ1) is 12.0. The predicted molar refractivity (Wildman–Crippen MR) is 62.8 cm³/mol. The van der Waals surface area contributed by atoms with Gasteiger partial charge >= 0.3 is 0 Å². The van der Waals surface area contributed by atoms with Crippen LogP contribution in [0, 0.1) is 6.92 Å². The van der Waals surface area contributed by atoms with Crippen LogP contribution in [0.25, 0.3) is 0 Å². The van der Waals surface area contributed by atoms with Gasteiger partial charge in [-0.2, -0.15) is 0 Å². The first-order chi connectivity index (χ1) is 7.11. The highest BCUT2D eigenvalue weighted by Gasteiger charge is 2.04. The predicted octanol–water partition coefficient (Wildman–Crippen LogP) is 1.80. The fraction of sp³-hybridized carbons (Fsp3) is 0.500. The molecule has 1 rings (SSSR count). The number of rotatable bonds is 6. The van der Waals surface area contributed by atoms with Gasteiger partial charge in [-0.1, -0.05) is 6.58 Å². The Kier molecular flexibility index (Phi) is 4.59. The molecule has 0 unspecified atom stereocenters. The SMILES string of the molecule is C=C(CNC)CN(C)Cc1ccc(C)o1. The molecule has 0 aliphatic carbocycles. The summed E-state index contributed by atoms with van der Waals surface area (Å²) < 4.78 is 5.51. The zero-order valence-corrected chi connectivity index (χ0v) is 9.84. The third-order valence-electron chi connectivity index (χ3n) is 2.14. The van der Waals surface area contributed by atoms with Crippen molar-refractivity contribution in [1.82, 2.24) is 10.2 Å². The van der Waals surface area contributed by atoms with Gasteiger partial charge in [-0.3, -0.25) is 4.90 Å². The minimum Gasteiger partial charge on any atom is -0.465 e. The van der Waals surface area contributed by atoms with Crippen LogP contribution < -0.4 is 5.32 Å². The Morgan fingerprint density at radius 3 is 2.80 bits per heavy atom. The molecule has 0 saturated heterocycles. The van der Waals surface area contributed by atoms with Crippen LogP contribution in [0.4, 0.5) is 0 Å². The molecule has 0 aliphatic rings. The molecule has 0 aliphatic heterocycles. The molecule has 0 bridgehead atoms. The summed E-state index contributed by atoms with van der Waals surface area (Å²) in [5, 5.41) is 3.09. The molecule has 0 saturated carbocycles. The van der Waals surface area contributed by atoms with Gasteiger partial charge in [0.25, 0.3) is 0 Å². The maximum Gasteiger partial charge on any atom is 0.118 e. The first-order valence-corrected chi connectivity index (χ1v) is 5.17. The highest BCUT2D eigenvalue weighted by Crippen LogP contribution is 2.09. The van der Waals surface area contributed by atoms with Crippen LogP contribution in [0.1, 0.15) is 11.5 Å². The molecule has 1 aromatic heterocycles. The molecule has 84 valence electrons. The van der Waals surface area contributed by atoms with Crippen LogP contribution in [0.15, 0.2) is 28.7 Å². The van der Waals surface area contributed by atoms with Crippen LogP contribution in [0.2, 0.25) is 0 Å². The van der Waals surface area contributed by atoms with E-state index >= 15 is 0 Å². The third kappa shape index (κ3) is 4.32. The van der Waals surface area contributed by atoms with E-state index < -0.39 is 0 Å². The summed E-state index contributed by atoms with van der Waals surface area (Å²) in [6.07, 6.45) is 0. The van der Waals surface area contributed by atoms with Gasteiger partial charge in [-0.25, -0.2) is 0 Å². The monoisotopic (exact) mass is 208 g/mol. The molecule has 1 heterocycles. The maximum absolute atomic E-state index is 5.51. The van der Waals surface area contributed by atoms with Crippen molar-refractivity contribution < 1.29 is 4.42 Å². The van der Waals surface area contributed by atoms with Crippen molar-refractivity contribution in [3.63, 3.8) is 0 Å². The number of furan rings is 1. The van der Waals surface area contributed by atoms with Gasteiger partial charge in [-0.05, 0) is 38.7 Å². The van der Waals surface area contributed by atoms with Gasteiger partial charge in [-0.15, -0.1) is 0 Å². The quantitative estimate of drug-likeness (QED) is 0.723. The van der Waals surface area contributed by atoms with Crippen LogP contribution in [0.3, 0.4) is 0 Å². The van der Waals surface area contributed by atoms with E-state index in [0.717, 1.165) is 31.2 Å². The molecule has 3 heteroatoms. The average molecular weight is 208 g/mol. The van der Waals surface area contributed by atoms with E-state index in [1.165, 1.54) is 5.57 Å². The summed E-state index contributed by atoms with van der Waals surface area (Å²) >= 11 is 0. The molecular formula is C12H20N2O. The second-order valence-electron chi connectivity index (χ2n) is 3.96. The topological polar surface area (TPSA) is 28.4 Å². The Labute approximate surface area is 91.8 Å². The lowest BCUT2D eigenvalue weighted by atomic mass is 10.3. The van der Waals surface area contributed by atoms with E-state index in [9.17, 15) is 0 Å². The summed E-state index contributed by atoms with van der Waals surface area (Å²) in [4.78, 5) is 2.19. The zero-order chi connectivity index (χ0) is 11.3.